The Bertz CT molecular complexity index is 627. The van der Waals surface area contributed by atoms with Crippen molar-refractivity contribution in [1.29, 1.82) is 0 Å². The Morgan fingerprint density at radius 1 is 1.45 bits per heavy atom. The van der Waals surface area contributed by atoms with E-state index in [1.165, 1.54) is 0 Å². The van der Waals surface area contributed by atoms with E-state index in [-0.39, 0.29) is 11.6 Å². The number of aryl methyl sites for hydroxylation is 2. The van der Waals surface area contributed by atoms with Gasteiger partial charge in [-0.3, -0.25) is 4.68 Å². The highest BCUT2D eigenvalue weighted by atomic mass is 16.4. The first-order valence-corrected chi connectivity index (χ1v) is 6.62. The van der Waals surface area contributed by atoms with Crippen molar-refractivity contribution in [1.82, 2.24) is 24.8 Å². The van der Waals surface area contributed by atoms with Crippen molar-refractivity contribution in [2.75, 3.05) is 0 Å². The molecule has 2 aromatic rings. The summed E-state index contributed by atoms with van der Waals surface area (Å²) in [7, 11) is 1.87. The number of hydrogen-bond donors (Lipinski definition) is 1. The molecule has 0 aliphatic heterocycles. The minimum Gasteiger partial charge on any atom is -0.476 e. The van der Waals surface area contributed by atoms with Crippen molar-refractivity contribution >= 4 is 5.97 Å². The molecule has 108 valence electrons. The van der Waals surface area contributed by atoms with E-state index in [0.29, 0.717) is 12.2 Å². The Morgan fingerprint density at radius 3 is 2.65 bits per heavy atom. The normalized spacial score (nSPS) is 11.2. The van der Waals surface area contributed by atoms with Crippen LogP contribution in [0, 0.1) is 0 Å². The maximum atomic E-state index is 11.2. The Hall–Kier alpha value is -2.18. The summed E-state index contributed by atoms with van der Waals surface area (Å²) in [5.74, 6) is -1.01. The lowest BCUT2D eigenvalue weighted by atomic mass is 10.1. The third kappa shape index (κ3) is 2.56. The van der Waals surface area contributed by atoms with Gasteiger partial charge in [-0.1, -0.05) is 26.0 Å². The van der Waals surface area contributed by atoms with Gasteiger partial charge >= 0.3 is 5.97 Å². The van der Waals surface area contributed by atoms with E-state index >= 15 is 0 Å². The SMILES string of the molecule is CCc1cc(Cn2nnc(C(=O)O)c2C(C)C)n(C)n1. The van der Waals surface area contributed by atoms with Gasteiger partial charge in [-0.05, 0) is 18.4 Å². The van der Waals surface area contributed by atoms with E-state index in [2.05, 4.69) is 15.4 Å². The third-order valence-electron chi connectivity index (χ3n) is 3.22. The largest absolute Gasteiger partial charge is 0.476 e. The van der Waals surface area contributed by atoms with Crippen LogP contribution < -0.4 is 0 Å². The van der Waals surface area contributed by atoms with E-state index in [9.17, 15) is 4.79 Å². The quantitative estimate of drug-likeness (QED) is 0.893. The summed E-state index contributed by atoms with van der Waals surface area (Å²) in [6.45, 7) is 6.38. The topological polar surface area (TPSA) is 85.8 Å². The predicted molar refractivity (Wildman–Crippen MR) is 72.8 cm³/mol. The number of aromatic carboxylic acids is 1. The van der Waals surface area contributed by atoms with Crippen molar-refractivity contribution in [3.63, 3.8) is 0 Å². The fourth-order valence-electron chi connectivity index (χ4n) is 2.21. The fraction of sp³-hybridized carbons (Fsp3) is 0.538. The summed E-state index contributed by atoms with van der Waals surface area (Å²) < 4.78 is 3.44. The van der Waals surface area contributed by atoms with Crippen molar-refractivity contribution in [2.24, 2.45) is 7.05 Å². The Kier molecular flexibility index (Phi) is 3.87. The zero-order valence-electron chi connectivity index (χ0n) is 12.2. The van der Waals surface area contributed by atoms with E-state index in [4.69, 9.17) is 5.11 Å². The molecule has 0 bridgehead atoms. The van der Waals surface area contributed by atoms with Gasteiger partial charge in [-0.15, -0.1) is 5.10 Å². The standard InChI is InChI=1S/C13H19N5O2/c1-5-9-6-10(17(4)15-9)7-18-12(8(2)3)11(13(19)20)14-16-18/h6,8H,5,7H2,1-4H3,(H,19,20). The Balaban J connectivity index is 2.38. The molecule has 2 rings (SSSR count). The van der Waals surface area contributed by atoms with Gasteiger partial charge in [0.2, 0.25) is 0 Å². The lowest BCUT2D eigenvalue weighted by Gasteiger charge is -2.09. The average molecular weight is 277 g/mol. The first kappa shape index (κ1) is 14.2. The molecule has 0 aliphatic rings. The number of carboxylic acid groups (broad SMARTS) is 1. The van der Waals surface area contributed by atoms with E-state index < -0.39 is 5.97 Å². The highest BCUT2D eigenvalue weighted by Crippen LogP contribution is 2.19. The van der Waals surface area contributed by atoms with Crippen LogP contribution in [0.5, 0.6) is 0 Å². The minimum absolute atomic E-state index is 0.0258. The molecule has 0 spiro atoms. The minimum atomic E-state index is -1.04. The summed E-state index contributed by atoms with van der Waals surface area (Å²) in [5.41, 5.74) is 2.65. The predicted octanol–water partition coefficient (Wildman–Crippen LogP) is 1.44. The van der Waals surface area contributed by atoms with Crippen LogP contribution in [-0.2, 0) is 20.0 Å². The maximum absolute atomic E-state index is 11.2. The van der Waals surface area contributed by atoms with Crippen molar-refractivity contribution in [2.45, 2.75) is 39.7 Å². The lowest BCUT2D eigenvalue weighted by Crippen LogP contribution is -2.12. The molecule has 0 fully saturated rings. The molecule has 0 saturated heterocycles. The molecule has 2 heterocycles. The zero-order chi connectivity index (χ0) is 14.9. The molecule has 0 saturated carbocycles. The van der Waals surface area contributed by atoms with Gasteiger partial charge in [-0.25, -0.2) is 9.48 Å². The summed E-state index contributed by atoms with van der Waals surface area (Å²) in [6.07, 6.45) is 0.864. The molecule has 0 radical (unpaired) electrons. The Morgan fingerprint density at radius 2 is 2.15 bits per heavy atom. The second-order valence-corrected chi connectivity index (χ2v) is 5.04. The third-order valence-corrected chi connectivity index (χ3v) is 3.22. The van der Waals surface area contributed by atoms with Crippen LogP contribution in [0.25, 0.3) is 0 Å². The van der Waals surface area contributed by atoms with Crippen molar-refractivity contribution in [3.8, 4) is 0 Å². The first-order valence-electron chi connectivity index (χ1n) is 6.62. The molecular formula is C13H19N5O2. The molecule has 0 amide bonds. The molecule has 1 N–H and O–H groups in total. The number of aromatic nitrogens is 5. The van der Waals surface area contributed by atoms with Gasteiger partial charge in [0, 0.05) is 7.05 Å². The second-order valence-electron chi connectivity index (χ2n) is 5.04. The first-order chi connectivity index (χ1) is 9.43. The molecule has 7 nitrogen and oxygen atoms in total. The molecule has 0 aliphatic carbocycles. The smallest absolute Gasteiger partial charge is 0.358 e. The molecule has 0 aromatic carbocycles. The van der Waals surface area contributed by atoms with Crippen LogP contribution in [0.2, 0.25) is 0 Å². The highest BCUT2D eigenvalue weighted by molar-refractivity contribution is 5.86. The molecule has 0 unspecified atom stereocenters. The van der Waals surface area contributed by atoms with Crippen LogP contribution in [-0.4, -0.2) is 35.9 Å². The highest BCUT2D eigenvalue weighted by Gasteiger charge is 2.22. The summed E-state index contributed by atoms with van der Waals surface area (Å²) >= 11 is 0. The molecule has 20 heavy (non-hydrogen) atoms. The van der Waals surface area contributed by atoms with Gasteiger partial charge < -0.3 is 5.11 Å². The van der Waals surface area contributed by atoms with Crippen LogP contribution in [0.3, 0.4) is 0 Å². The fourth-order valence-corrected chi connectivity index (χ4v) is 2.21. The molecule has 2 aromatic heterocycles. The van der Waals surface area contributed by atoms with E-state index in [0.717, 1.165) is 17.8 Å². The summed E-state index contributed by atoms with van der Waals surface area (Å²) in [4.78, 5) is 11.2. The van der Waals surface area contributed by atoms with Gasteiger partial charge in [0.15, 0.2) is 5.69 Å². The van der Waals surface area contributed by atoms with Crippen LogP contribution in [0.4, 0.5) is 0 Å². The van der Waals surface area contributed by atoms with Crippen LogP contribution in [0.1, 0.15) is 54.3 Å². The monoisotopic (exact) mass is 277 g/mol. The van der Waals surface area contributed by atoms with Gasteiger partial charge in [0.05, 0.1) is 23.6 Å². The second kappa shape index (κ2) is 5.44. The molecule has 0 atom stereocenters. The molecule has 7 heteroatoms. The van der Waals surface area contributed by atoms with Crippen molar-refractivity contribution < 1.29 is 9.90 Å². The van der Waals surface area contributed by atoms with Crippen molar-refractivity contribution in [3.05, 3.63) is 28.8 Å². The van der Waals surface area contributed by atoms with Gasteiger partial charge in [0.1, 0.15) is 0 Å². The Labute approximate surface area is 117 Å². The van der Waals surface area contributed by atoms with Gasteiger partial charge in [0.25, 0.3) is 0 Å². The average Bonchev–Trinajstić information content (AvgIpc) is 2.94. The number of nitrogens with zero attached hydrogens (tertiary/aromatic N) is 5. The molecular weight excluding hydrogens is 258 g/mol. The zero-order valence-corrected chi connectivity index (χ0v) is 12.2. The maximum Gasteiger partial charge on any atom is 0.358 e. The number of carbonyl (C=O) groups is 1. The van der Waals surface area contributed by atoms with Gasteiger partial charge in [-0.2, -0.15) is 5.10 Å². The number of carboxylic acids is 1. The number of rotatable bonds is 5. The van der Waals surface area contributed by atoms with E-state index in [1.807, 2.05) is 33.9 Å². The summed E-state index contributed by atoms with van der Waals surface area (Å²) in [6, 6.07) is 2.01. The van der Waals surface area contributed by atoms with Crippen LogP contribution >= 0.6 is 0 Å². The lowest BCUT2D eigenvalue weighted by molar-refractivity contribution is 0.0688. The number of hydrogen-bond acceptors (Lipinski definition) is 4. The van der Waals surface area contributed by atoms with Crippen LogP contribution in [0.15, 0.2) is 6.07 Å². The van der Waals surface area contributed by atoms with E-state index in [1.54, 1.807) is 9.36 Å². The summed E-state index contributed by atoms with van der Waals surface area (Å²) in [5, 5.41) is 21.3.